The Kier molecular flexibility index (Phi) is 5.02. The number of hydrogen-bond donors (Lipinski definition) is 1. The van der Waals surface area contributed by atoms with E-state index in [0.717, 1.165) is 6.42 Å². The van der Waals surface area contributed by atoms with Crippen molar-refractivity contribution in [3.8, 4) is 0 Å². The molecule has 0 saturated carbocycles. The summed E-state index contributed by atoms with van der Waals surface area (Å²) in [6.45, 7) is 2.00. The van der Waals surface area contributed by atoms with Gasteiger partial charge in [-0.3, -0.25) is 4.79 Å². The molecule has 5 heteroatoms. The number of hydrogen-bond acceptors (Lipinski definition) is 2. The van der Waals surface area contributed by atoms with Crippen LogP contribution in [0.25, 0.3) is 0 Å². The van der Waals surface area contributed by atoms with E-state index in [1.807, 2.05) is 18.4 Å². The molecule has 1 N–H and O–H groups in total. The molecule has 1 amide bonds. The van der Waals surface area contributed by atoms with Gasteiger partial charge in [0.1, 0.15) is 0 Å². The predicted molar refractivity (Wildman–Crippen MR) is 84.1 cm³/mol. The monoisotopic (exact) mass is 357 g/mol. The molecule has 100 valence electrons. The zero-order valence-electron chi connectivity index (χ0n) is 10.3. The second-order valence-corrected chi connectivity index (χ2v) is 6.61. The van der Waals surface area contributed by atoms with Gasteiger partial charge in [-0.05, 0) is 52.5 Å². The van der Waals surface area contributed by atoms with Crippen LogP contribution in [0, 0.1) is 0 Å². The van der Waals surface area contributed by atoms with Crippen LogP contribution in [-0.2, 0) is 6.42 Å². The van der Waals surface area contributed by atoms with Gasteiger partial charge in [-0.1, -0.05) is 17.7 Å². The van der Waals surface area contributed by atoms with Gasteiger partial charge in [0.25, 0.3) is 5.91 Å². The fourth-order valence-electron chi connectivity index (χ4n) is 1.76. The van der Waals surface area contributed by atoms with Crippen LogP contribution in [0.1, 0.15) is 22.2 Å². The molecule has 2 rings (SSSR count). The minimum atomic E-state index is -0.0902. The van der Waals surface area contributed by atoms with E-state index < -0.39 is 0 Å². The molecule has 19 heavy (non-hydrogen) atoms. The molecular formula is C14H13BrClNOS. The van der Waals surface area contributed by atoms with Crippen molar-refractivity contribution in [2.75, 3.05) is 0 Å². The Bertz CT molecular complexity index is 571. The quantitative estimate of drug-likeness (QED) is 0.855. The van der Waals surface area contributed by atoms with Crippen molar-refractivity contribution in [1.82, 2.24) is 5.32 Å². The molecule has 0 aliphatic carbocycles. The van der Waals surface area contributed by atoms with Crippen molar-refractivity contribution < 1.29 is 4.79 Å². The number of carbonyl (C=O) groups is 1. The maximum atomic E-state index is 12.1. The van der Waals surface area contributed by atoms with Gasteiger partial charge >= 0.3 is 0 Å². The first-order valence-corrected chi connectivity index (χ1v) is 7.89. The van der Waals surface area contributed by atoms with Gasteiger partial charge in [0.05, 0.1) is 5.56 Å². The number of nitrogens with one attached hydrogen (secondary N) is 1. The lowest BCUT2D eigenvalue weighted by molar-refractivity contribution is 0.0939. The van der Waals surface area contributed by atoms with Gasteiger partial charge in [0.15, 0.2) is 0 Å². The average molecular weight is 359 g/mol. The molecule has 2 nitrogen and oxygen atoms in total. The zero-order valence-corrected chi connectivity index (χ0v) is 13.5. The lowest BCUT2D eigenvalue weighted by atomic mass is 10.1. The van der Waals surface area contributed by atoms with Crippen LogP contribution in [0.3, 0.4) is 0 Å². The van der Waals surface area contributed by atoms with Gasteiger partial charge in [0, 0.05) is 26.8 Å². The summed E-state index contributed by atoms with van der Waals surface area (Å²) in [5.41, 5.74) is 0.599. The van der Waals surface area contributed by atoms with Crippen LogP contribution < -0.4 is 5.32 Å². The molecule has 1 unspecified atom stereocenters. The Morgan fingerprint density at radius 3 is 2.89 bits per heavy atom. The van der Waals surface area contributed by atoms with Crippen LogP contribution >= 0.6 is 38.9 Å². The van der Waals surface area contributed by atoms with E-state index >= 15 is 0 Å². The smallest absolute Gasteiger partial charge is 0.252 e. The summed E-state index contributed by atoms with van der Waals surface area (Å²) in [5, 5.41) is 5.64. The number of benzene rings is 1. The minimum Gasteiger partial charge on any atom is -0.349 e. The van der Waals surface area contributed by atoms with Gasteiger partial charge in [0.2, 0.25) is 0 Å². The summed E-state index contributed by atoms with van der Waals surface area (Å²) in [5.74, 6) is -0.0902. The Morgan fingerprint density at radius 2 is 2.26 bits per heavy atom. The zero-order chi connectivity index (χ0) is 13.8. The number of thiophene rings is 1. The van der Waals surface area contributed by atoms with E-state index in [1.165, 1.54) is 4.88 Å². The Hall–Kier alpha value is -0.840. The molecule has 1 atom stereocenters. The molecule has 1 aromatic carbocycles. The molecule has 0 aliphatic rings. The normalized spacial score (nSPS) is 12.2. The SMILES string of the molecule is CC(Cc1cccs1)NC(=O)c1ccc(Cl)cc1Br. The third kappa shape index (κ3) is 4.06. The van der Waals surface area contributed by atoms with Crippen LogP contribution in [-0.4, -0.2) is 11.9 Å². The van der Waals surface area contributed by atoms with Gasteiger partial charge < -0.3 is 5.32 Å². The molecule has 0 bridgehead atoms. The molecular weight excluding hydrogens is 346 g/mol. The standard InChI is InChI=1S/C14H13BrClNOS/c1-9(7-11-3-2-6-19-11)17-14(18)12-5-4-10(16)8-13(12)15/h2-6,8-9H,7H2,1H3,(H,17,18). The van der Waals surface area contributed by atoms with Crippen LogP contribution in [0.4, 0.5) is 0 Å². The maximum absolute atomic E-state index is 12.1. The summed E-state index contributed by atoms with van der Waals surface area (Å²) in [6, 6.07) is 9.34. The number of rotatable bonds is 4. The molecule has 1 aromatic heterocycles. The summed E-state index contributed by atoms with van der Waals surface area (Å²) >= 11 is 10.9. The van der Waals surface area contributed by atoms with Crippen molar-refractivity contribution in [1.29, 1.82) is 0 Å². The first-order valence-electron chi connectivity index (χ1n) is 5.84. The van der Waals surface area contributed by atoms with Crippen LogP contribution in [0.2, 0.25) is 5.02 Å². The highest BCUT2D eigenvalue weighted by Gasteiger charge is 2.13. The second kappa shape index (κ2) is 6.55. The fraction of sp³-hybridized carbons (Fsp3) is 0.214. The first kappa shape index (κ1) is 14.6. The molecule has 0 radical (unpaired) electrons. The second-order valence-electron chi connectivity index (χ2n) is 4.28. The van der Waals surface area contributed by atoms with E-state index in [4.69, 9.17) is 11.6 Å². The number of carbonyl (C=O) groups excluding carboxylic acids is 1. The Balaban J connectivity index is 2.00. The number of amides is 1. The van der Waals surface area contributed by atoms with E-state index in [-0.39, 0.29) is 11.9 Å². The lowest BCUT2D eigenvalue weighted by Crippen LogP contribution is -2.34. The third-order valence-corrected chi connectivity index (χ3v) is 4.43. The topological polar surface area (TPSA) is 29.1 Å². The molecule has 0 saturated heterocycles. The number of halogens is 2. The Morgan fingerprint density at radius 1 is 1.47 bits per heavy atom. The van der Waals surface area contributed by atoms with Crippen LogP contribution in [0.15, 0.2) is 40.2 Å². The fourth-order valence-corrected chi connectivity index (χ4v) is 3.45. The highest BCUT2D eigenvalue weighted by atomic mass is 79.9. The summed E-state index contributed by atoms with van der Waals surface area (Å²) in [4.78, 5) is 13.4. The van der Waals surface area contributed by atoms with Gasteiger partial charge in [-0.2, -0.15) is 0 Å². The molecule has 0 aliphatic heterocycles. The largest absolute Gasteiger partial charge is 0.349 e. The molecule has 0 fully saturated rings. The Labute approximate surface area is 129 Å². The van der Waals surface area contributed by atoms with Crippen molar-refractivity contribution in [2.24, 2.45) is 0 Å². The van der Waals surface area contributed by atoms with E-state index in [1.54, 1.807) is 29.5 Å². The summed E-state index contributed by atoms with van der Waals surface area (Å²) < 4.78 is 0.709. The lowest BCUT2D eigenvalue weighted by Gasteiger charge is -2.13. The molecule has 0 spiro atoms. The summed E-state index contributed by atoms with van der Waals surface area (Å²) in [6.07, 6.45) is 0.842. The summed E-state index contributed by atoms with van der Waals surface area (Å²) in [7, 11) is 0. The van der Waals surface area contributed by atoms with E-state index in [9.17, 15) is 4.79 Å². The van der Waals surface area contributed by atoms with E-state index in [2.05, 4.69) is 27.3 Å². The van der Waals surface area contributed by atoms with Crippen molar-refractivity contribution >= 4 is 44.8 Å². The highest BCUT2D eigenvalue weighted by Crippen LogP contribution is 2.21. The highest BCUT2D eigenvalue weighted by molar-refractivity contribution is 9.10. The van der Waals surface area contributed by atoms with Crippen molar-refractivity contribution in [3.05, 3.63) is 55.6 Å². The van der Waals surface area contributed by atoms with E-state index in [0.29, 0.717) is 15.1 Å². The maximum Gasteiger partial charge on any atom is 0.252 e. The van der Waals surface area contributed by atoms with Gasteiger partial charge in [-0.15, -0.1) is 11.3 Å². The third-order valence-electron chi connectivity index (χ3n) is 2.64. The van der Waals surface area contributed by atoms with Crippen molar-refractivity contribution in [3.63, 3.8) is 0 Å². The van der Waals surface area contributed by atoms with Gasteiger partial charge in [-0.25, -0.2) is 0 Å². The molecule has 1 heterocycles. The average Bonchev–Trinajstić information content (AvgIpc) is 2.81. The van der Waals surface area contributed by atoms with Crippen LogP contribution in [0.5, 0.6) is 0 Å². The first-order chi connectivity index (χ1) is 9.06. The predicted octanol–water partition coefficient (Wildman–Crippen LogP) is 4.53. The minimum absolute atomic E-state index is 0.0902. The van der Waals surface area contributed by atoms with Crippen molar-refractivity contribution in [2.45, 2.75) is 19.4 Å². The molecule has 2 aromatic rings.